The van der Waals surface area contributed by atoms with Crippen molar-refractivity contribution in [2.24, 2.45) is 0 Å². The van der Waals surface area contributed by atoms with Gasteiger partial charge in [0.25, 0.3) is 5.91 Å². The summed E-state index contributed by atoms with van der Waals surface area (Å²) < 4.78 is 1.80. The predicted molar refractivity (Wildman–Crippen MR) is 76.8 cm³/mol. The summed E-state index contributed by atoms with van der Waals surface area (Å²) in [4.78, 5) is 12.5. The van der Waals surface area contributed by atoms with Crippen molar-refractivity contribution in [3.8, 4) is 11.3 Å². The number of aryl methyl sites for hydroxylation is 1. The molecule has 0 N–H and O–H groups in total. The summed E-state index contributed by atoms with van der Waals surface area (Å²) in [5, 5.41) is 1.78. The van der Waals surface area contributed by atoms with Crippen LogP contribution in [-0.4, -0.2) is 10.5 Å². The minimum atomic E-state index is 0.0333. The Kier molecular flexibility index (Phi) is 1.99. The summed E-state index contributed by atoms with van der Waals surface area (Å²) in [6, 6.07) is 13.4. The molecule has 0 saturated carbocycles. The van der Waals surface area contributed by atoms with Gasteiger partial charge in [-0.05, 0) is 36.8 Å². The molecule has 0 amide bonds. The first kappa shape index (κ1) is 10.8. The minimum Gasteiger partial charge on any atom is -0.275 e. The molecule has 0 unspecified atom stereocenters. The zero-order valence-electron chi connectivity index (χ0n) is 10.3. The zero-order chi connectivity index (χ0) is 13.1. The van der Waals surface area contributed by atoms with Gasteiger partial charge in [-0.2, -0.15) is 0 Å². The van der Waals surface area contributed by atoms with Gasteiger partial charge in [0, 0.05) is 21.5 Å². The molecule has 4 rings (SSSR count). The highest BCUT2D eigenvalue weighted by Crippen LogP contribution is 2.41. The van der Waals surface area contributed by atoms with E-state index in [1.165, 1.54) is 0 Å². The van der Waals surface area contributed by atoms with E-state index in [0.29, 0.717) is 5.02 Å². The van der Waals surface area contributed by atoms with Crippen molar-refractivity contribution < 1.29 is 4.79 Å². The Morgan fingerprint density at radius 2 is 1.84 bits per heavy atom. The molecule has 2 aromatic carbocycles. The monoisotopic (exact) mass is 267 g/mol. The van der Waals surface area contributed by atoms with Crippen LogP contribution in [0, 0.1) is 6.92 Å². The molecular formula is C16H10ClNO. The molecule has 3 heteroatoms. The number of rotatable bonds is 0. The molecule has 1 aliphatic rings. The molecule has 0 atom stereocenters. The van der Waals surface area contributed by atoms with Crippen LogP contribution in [0.3, 0.4) is 0 Å². The zero-order valence-corrected chi connectivity index (χ0v) is 11.0. The number of aromatic nitrogens is 1. The summed E-state index contributed by atoms with van der Waals surface area (Å²) in [6.45, 7) is 2.05. The van der Waals surface area contributed by atoms with Crippen molar-refractivity contribution in [1.29, 1.82) is 0 Å². The van der Waals surface area contributed by atoms with Gasteiger partial charge in [0.05, 0.1) is 11.2 Å². The second-order valence-corrected chi connectivity index (χ2v) is 5.26. The SMILES string of the molecule is Cc1c2n(c3ccccc13)C(=O)c1ccc(Cl)cc1-2. The van der Waals surface area contributed by atoms with Gasteiger partial charge in [0.1, 0.15) is 0 Å². The fourth-order valence-corrected chi connectivity index (χ4v) is 3.13. The second-order valence-electron chi connectivity index (χ2n) is 4.82. The van der Waals surface area contributed by atoms with Crippen LogP contribution in [-0.2, 0) is 0 Å². The topological polar surface area (TPSA) is 22.0 Å². The molecule has 0 bridgehead atoms. The smallest absolute Gasteiger partial charge is 0.263 e. The molecule has 2 nitrogen and oxygen atoms in total. The van der Waals surface area contributed by atoms with Crippen LogP contribution in [0.4, 0.5) is 0 Å². The Balaban J connectivity index is 2.22. The van der Waals surface area contributed by atoms with E-state index in [9.17, 15) is 4.79 Å². The molecule has 0 saturated heterocycles. The van der Waals surface area contributed by atoms with Crippen molar-refractivity contribution in [2.45, 2.75) is 6.92 Å². The lowest BCUT2D eigenvalue weighted by molar-refractivity contribution is 0.0973. The van der Waals surface area contributed by atoms with E-state index >= 15 is 0 Å². The first-order valence-corrected chi connectivity index (χ1v) is 6.51. The largest absolute Gasteiger partial charge is 0.275 e. The molecule has 19 heavy (non-hydrogen) atoms. The minimum absolute atomic E-state index is 0.0333. The van der Waals surface area contributed by atoms with Crippen LogP contribution in [0.5, 0.6) is 0 Å². The number of nitrogens with zero attached hydrogens (tertiary/aromatic N) is 1. The number of para-hydroxylation sites is 1. The van der Waals surface area contributed by atoms with Gasteiger partial charge in [-0.25, -0.2) is 0 Å². The number of benzene rings is 2. The first-order valence-electron chi connectivity index (χ1n) is 6.13. The average molecular weight is 268 g/mol. The van der Waals surface area contributed by atoms with Crippen LogP contribution in [0.25, 0.3) is 22.2 Å². The van der Waals surface area contributed by atoms with Gasteiger partial charge in [-0.15, -0.1) is 0 Å². The normalized spacial score (nSPS) is 12.8. The van der Waals surface area contributed by atoms with E-state index in [1.807, 2.05) is 30.3 Å². The third kappa shape index (κ3) is 1.24. The number of hydrogen-bond donors (Lipinski definition) is 0. The number of carbonyl (C=O) groups is 1. The van der Waals surface area contributed by atoms with Crippen LogP contribution >= 0.6 is 11.6 Å². The Morgan fingerprint density at radius 1 is 1.05 bits per heavy atom. The number of carbonyl (C=O) groups excluding carboxylic acids is 1. The Bertz CT molecular complexity index is 861. The van der Waals surface area contributed by atoms with Crippen molar-refractivity contribution >= 4 is 28.4 Å². The van der Waals surface area contributed by atoms with Gasteiger partial charge in [-0.3, -0.25) is 9.36 Å². The highest BCUT2D eigenvalue weighted by Gasteiger charge is 2.30. The van der Waals surface area contributed by atoms with Gasteiger partial charge >= 0.3 is 0 Å². The van der Waals surface area contributed by atoms with E-state index in [2.05, 4.69) is 6.92 Å². The average Bonchev–Trinajstić information content (AvgIpc) is 2.86. The quantitative estimate of drug-likeness (QED) is 0.466. The van der Waals surface area contributed by atoms with Gasteiger partial charge in [0.2, 0.25) is 0 Å². The lowest BCUT2D eigenvalue weighted by Gasteiger charge is -2.00. The molecular weight excluding hydrogens is 258 g/mol. The van der Waals surface area contributed by atoms with Crippen molar-refractivity contribution in [3.63, 3.8) is 0 Å². The fourth-order valence-electron chi connectivity index (χ4n) is 2.95. The van der Waals surface area contributed by atoms with Crippen LogP contribution in [0.1, 0.15) is 15.9 Å². The Labute approximate surface area is 115 Å². The molecule has 1 aromatic heterocycles. The number of hydrogen-bond acceptors (Lipinski definition) is 1. The summed E-state index contributed by atoms with van der Waals surface area (Å²) in [5.41, 5.74) is 4.74. The van der Waals surface area contributed by atoms with E-state index in [0.717, 1.165) is 33.3 Å². The molecule has 92 valence electrons. The molecule has 0 radical (unpaired) electrons. The standard InChI is InChI=1S/C16H10ClNO/c1-9-11-4-2-3-5-14(11)18-15(9)13-8-10(17)6-7-12(13)16(18)19/h2-8H,1H3. The van der Waals surface area contributed by atoms with Crippen molar-refractivity contribution in [2.75, 3.05) is 0 Å². The van der Waals surface area contributed by atoms with Gasteiger partial charge in [-0.1, -0.05) is 29.8 Å². The molecule has 1 aliphatic heterocycles. The second kappa shape index (κ2) is 3.49. The summed E-state index contributed by atoms with van der Waals surface area (Å²) in [7, 11) is 0. The number of fused-ring (bicyclic) bond motifs is 5. The highest BCUT2D eigenvalue weighted by atomic mass is 35.5. The third-order valence-corrected chi connectivity index (χ3v) is 4.03. The Hall–Kier alpha value is -2.06. The van der Waals surface area contributed by atoms with Crippen LogP contribution in [0.2, 0.25) is 5.02 Å². The van der Waals surface area contributed by atoms with E-state index in [4.69, 9.17) is 11.6 Å². The molecule has 0 spiro atoms. The summed E-state index contributed by atoms with van der Waals surface area (Å²) in [5.74, 6) is 0.0333. The van der Waals surface area contributed by atoms with Crippen LogP contribution in [0.15, 0.2) is 42.5 Å². The first-order chi connectivity index (χ1) is 9.18. The summed E-state index contributed by atoms with van der Waals surface area (Å²) in [6.07, 6.45) is 0. The maximum atomic E-state index is 12.5. The lowest BCUT2D eigenvalue weighted by Crippen LogP contribution is -2.05. The molecule has 2 heterocycles. The van der Waals surface area contributed by atoms with E-state index < -0.39 is 0 Å². The Morgan fingerprint density at radius 3 is 2.68 bits per heavy atom. The van der Waals surface area contributed by atoms with Crippen LogP contribution < -0.4 is 0 Å². The van der Waals surface area contributed by atoms with E-state index in [-0.39, 0.29) is 5.91 Å². The van der Waals surface area contributed by atoms with Crippen molar-refractivity contribution in [1.82, 2.24) is 4.57 Å². The maximum absolute atomic E-state index is 12.5. The molecule has 0 fully saturated rings. The van der Waals surface area contributed by atoms with E-state index in [1.54, 1.807) is 16.7 Å². The fraction of sp³-hybridized carbons (Fsp3) is 0.0625. The summed E-state index contributed by atoms with van der Waals surface area (Å²) >= 11 is 6.07. The maximum Gasteiger partial charge on any atom is 0.263 e. The molecule has 3 aromatic rings. The number of halogens is 1. The third-order valence-electron chi connectivity index (χ3n) is 3.80. The molecule has 0 aliphatic carbocycles. The predicted octanol–water partition coefficient (Wildman–Crippen LogP) is 4.27. The van der Waals surface area contributed by atoms with Gasteiger partial charge in [0.15, 0.2) is 0 Å². The van der Waals surface area contributed by atoms with Crippen molar-refractivity contribution in [3.05, 3.63) is 58.6 Å². The van der Waals surface area contributed by atoms with Gasteiger partial charge < -0.3 is 0 Å². The highest BCUT2D eigenvalue weighted by molar-refractivity contribution is 6.31. The lowest BCUT2D eigenvalue weighted by atomic mass is 10.0.